The molecule has 2 N–H and O–H groups in total. The average molecular weight is 305 g/mol. The zero-order valence-electron chi connectivity index (χ0n) is 9.73. The van der Waals surface area contributed by atoms with E-state index in [0.717, 1.165) is 4.68 Å². The number of alkyl halides is 3. The van der Waals surface area contributed by atoms with Crippen molar-refractivity contribution < 1.29 is 13.2 Å². The number of imidazole rings is 1. The number of hydrogen-bond acceptors (Lipinski definition) is 2. The number of nitrogens with one attached hydrogen (secondary N) is 2. The van der Waals surface area contributed by atoms with Crippen LogP contribution in [0.3, 0.4) is 0 Å². The summed E-state index contributed by atoms with van der Waals surface area (Å²) in [5.74, 6) is 0.0155. The Hall–Kier alpha value is -2.22. The largest absolute Gasteiger partial charge is 0.432 e. The fourth-order valence-corrected chi connectivity index (χ4v) is 1.74. The van der Waals surface area contributed by atoms with Crippen molar-refractivity contribution in [3.63, 3.8) is 0 Å². The molecule has 20 heavy (non-hydrogen) atoms. The first-order chi connectivity index (χ1) is 8.95. The Bertz CT molecular complexity index is 769. The lowest BCUT2D eigenvalue weighted by Crippen LogP contribution is -2.15. The van der Waals surface area contributed by atoms with Crippen LogP contribution in [0.5, 0.6) is 0 Å². The van der Waals surface area contributed by atoms with Crippen molar-refractivity contribution >= 4 is 23.4 Å². The summed E-state index contributed by atoms with van der Waals surface area (Å²) in [7, 11) is 0. The Balaban J connectivity index is 0.00000147. The van der Waals surface area contributed by atoms with E-state index in [1.54, 1.807) is 24.3 Å². The Kier molecular flexibility index (Phi) is 3.34. The van der Waals surface area contributed by atoms with Gasteiger partial charge in [0, 0.05) is 6.07 Å². The number of benzene rings is 1. The first kappa shape index (κ1) is 14.2. The normalized spacial score (nSPS) is 11.6. The average Bonchev–Trinajstić information content (AvgIpc) is 2.90. The van der Waals surface area contributed by atoms with Crippen LogP contribution in [-0.4, -0.2) is 19.7 Å². The maximum absolute atomic E-state index is 12.5. The quantitative estimate of drug-likeness (QED) is 0.725. The van der Waals surface area contributed by atoms with Crippen molar-refractivity contribution in [3.05, 3.63) is 46.4 Å². The highest BCUT2D eigenvalue weighted by Crippen LogP contribution is 2.26. The summed E-state index contributed by atoms with van der Waals surface area (Å²) in [6.45, 7) is 0. The van der Waals surface area contributed by atoms with Gasteiger partial charge in [-0.25, -0.2) is 4.98 Å². The molecule has 0 saturated carbocycles. The van der Waals surface area contributed by atoms with Gasteiger partial charge < -0.3 is 4.98 Å². The monoisotopic (exact) mass is 304 g/mol. The van der Waals surface area contributed by atoms with Crippen molar-refractivity contribution in [3.8, 4) is 5.95 Å². The highest BCUT2D eigenvalue weighted by atomic mass is 35.5. The van der Waals surface area contributed by atoms with E-state index in [-0.39, 0.29) is 18.4 Å². The summed E-state index contributed by atoms with van der Waals surface area (Å²) in [6.07, 6.45) is -4.60. The van der Waals surface area contributed by atoms with E-state index < -0.39 is 17.4 Å². The van der Waals surface area contributed by atoms with Crippen LogP contribution < -0.4 is 5.56 Å². The minimum atomic E-state index is -4.60. The molecule has 1 aromatic carbocycles. The van der Waals surface area contributed by atoms with Gasteiger partial charge in [-0.05, 0) is 12.1 Å². The van der Waals surface area contributed by atoms with Crippen LogP contribution in [0.15, 0.2) is 35.1 Å². The second kappa shape index (κ2) is 4.71. The molecule has 5 nitrogen and oxygen atoms in total. The van der Waals surface area contributed by atoms with Gasteiger partial charge in [-0.15, -0.1) is 12.4 Å². The Morgan fingerprint density at radius 1 is 1.20 bits per heavy atom. The summed E-state index contributed by atoms with van der Waals surface area (Å²) >= 11 is 0. The van der Waals surface area contributed by atoms with Gasteiger partial charge in [0.05, 0.1) is 11.0 Å². The van der Waals surface area contributed by atoms with Crippen molar-refractivity contribution in [2.75, 3.05) is 0 Å². The highest BCUT2D eigenvalue weighted by molar-refractivity contribution is 5.85. The maximum Gasteiger partial charge on any atom is 0.432 e. The van der Waals surface area contributed by atoms with Crippen molar-refractivity contribution in [1.29, 1.82) is 0 Å². The number of fused-ring (bicyclic) bond motifs is 1. The third-order valence-corrected chi connectivity index (χ3v) is 2.61. The SMILES string of the molecule is Cl.O=c1cc(C(F)(F)F)[nH]n1-c1nc2ccccc2[nH]1. The molecule has 2 aromatic heterocycles. The van der Waals surface area contributed by atoms with Gasteiger partial charge in [0.25, 0.3) is 5.56 Å². The summed E-state index contributed by atoms with van der Waals surface area (Å²) in [4.78, 5) is 18.4. The lowest BCUT2D eigenvalue weighted by atomic mass is 10.3. The summed E-state index contributed by atoms with van der Waals surface area (Å²) in [5.41, 5.74) is -0.746. The topological polar surface area (TPSA) is 66.5 Å². The minimum Gasteiger partial charge on any atom is -0.322 e. The molecule has 0 unspecified atom stereocenters. The lowest BCUT2D eigenvalue weighted by Gasteiger charge is -2.01. The van der Waals surface area contributed by atoms with Crippen LogP contribution in [-0.2, 0) is 6.18 Å². The predicted octanol–water partition coefficient (Wildman–Crippen LogP) is 2.48. The molecule has 0 aliphatic rings. The van der Waals surface area contributed by atoms with E-state index >= 15 is 0 Å². The number of para-hydroxylation sites is 2. The van der Waals surface area contributed by atoms with Gasteiger partial charge in [0.2, 0.25) is 5.95 Å². The molecule has 0 bridgehead atoms. The van der Waals surface area contributed by atoms with E-state index in [2.05, 4.69) is 9.97 Å². The van der Waals surface area contributed by atoms with E-state index in [9.17, 15) is 18.0 Å². The van der Waals surface area contributed by atoms with Crippen LogP contribution in [0.1, 0.15) is 5.69 Å². The van der Waals surface area contributed by atoms with Gasteiger partial charge >= 0.3 is 6.18 Å². The van der Waals surface area contributed by atoms with Crippen LogP contribution in [0, 0.1) is 0 Å². The molecule has 2 heterocycles. The second-order valence-corrected chi connectivity index (χ2v) is 3.92. The highest BCUT2D eigenvalue weighted by Gasteiger charge is 2.33. The van der Waals surface area contributed by atoms with E-state index in [4.69, 9.17) is 0 Å². The van der Waals surface area contributed by atoms with Gasteiger partial charge in [-0.2, -0.15) is 17.9 Å². The minimum absolute atomic E-state index is 0. The van der Waals surface area contributed by atoms with Gasteiger partial charge in [0.1, 0.15) is 5.69 Å². The van der Waals surface area contributed by atoms with Gasteiger partial charge in [-0.3, -0.25) is 9.89 Å². The molecular weight excluding hydrogens is 297 g/mol. The Morgan fingerprint density at radius 2 is 1.90 bits per heavy atom. The van der Waals surface area contributed by atoms with E-state index in [0.29, 0.717) is 17.1 Å². The Morgan fingerprint density at radius 3 is 2.50 bits per heavy atom. The zero-order chi connectivity index (χ0) is 13.6. The number of halogens is 4. The molecular formula is C11H8ClF3N4O. The predicted molar refractivity (Wildman–Crippen MR) is 68.3 cm³/mol. The first-order valence-corrected chi connectivity index (χ1v) is 5.29. The fraction of sp³-hybridized carbons (Fsp3) is 0.0909. The Labute approximate surface area is 115 Å². The van der Waals surface area contributed by atoms with Gasteiger partial charge in [-0.1, -0.05) is 12.1 Å². The van der Waals surface area contributed by atoms with E-state index in [1.165, 1.54) is 0 Å². The third kappa shape index (κ3) is 2.29. The maximum atomic E-state index is 12.5. The van der Waals surface area contributed by atoms with Crippen molar-refractivity contribution in [1.82, 2.24) is 19.7 Å². The second-order valence-electron chi connectivity index (χ2n) is 3.92. The molecule has 0 atom stereocenters. The number of aromatic nitrogens is 4. The molecule has 3 aromatic rings. The van der Waals surface area contributed by atoms with Crippen molar-refractivity contribution in [2.24, 2.45) is 0 Å². The number of hydrogen-bond donors (Lipinski definition) is 2. The summed E-state index contributed by atoms with van der Waals surface area (Å²) < 4.78 is 38.2. The van der Waals surface area contributed by atoms with Crippen LogP contribution >= 0.6 is 12.4 Å². The van der Waals surface area contributed by atoms with Crippen LogP contribution in [0.25, 0.3) is 17.0 Å². The number of aromatic amines is 2. The molecule has 3 rings (SSSR count). The number of H-pyrrole nitrogens is 2. The molecule has 0 fully saturated rings. The summed E-state index contributed by atoms with van der Waals surface area (Å²) in [5, 5.41) is 1.98. The fourth-order valence-electron chi connectivity index (χ4n) is 1.74. The summed E-state index contributed by atoms with van der Waals surface area (Å²) in [6, 6.07) is 7.39. The molecule has 0 amide bonds. The molecule has 0 aliphatic carbocycles. The third-order valence-electron chi connectivity index (χ3n) is 2.61. The van der Waals surface area contributed by atoms with Crippen LogP contribution in [0.4, 0.5) is 13.2 Å². The number of nitrogens with zero attached hydrogens (tertiary/aromatic N) is 2. The lowest BCUT2D eigenvalue weighted by molar-refractivity contribution is -0.141. The molecule has 0 radical (unpaired) electrons. The van der Waals surface area contributed by atoms with Crippen molar-refractivity contribution in [2.45, 2.75) is 6.18 Å². The van der Waals surface area contributed by atoms with Gasteiger partial charge in [0.15, 0.2) is 0 Å². The molecule has 9 heteroatoms. The van der Waals surface area contributed by atoms with Crippen LogP contribution in [0.2, 0.25) is 0 Å². The smallest absolute Gasteiger partial charge is 0.322 e. The molecule has 0 aliphatic heterocycles. The first-order valence-electron chi connectivity index (χ1n) is 5.29. The number of rotatable bonds is 1. The molecule has 0 saturated heterocycles. The zero-order valence-corrected chi connectivity index (χ0v) is 10.5. The standard InChI is InChI=1S/C11H7F3N4O.ClH/c12-11(13,14)8-5-9(19)18(17-8)10-15-6-3-1-2-4-7(6)16-10;/h1-5,17H,(H,15,16);1H. The molecule has 0 spiro atoms. The van der Waals surface area contributed by atoms with E-state index in [1.807, 2.05) is 5.10 Å². The molecule has 106 valence electrons.